The topological polar surface area (TPSA) is 78.1 Å². The van der Waals surface area contributed by atoms with E-state index < -0.39 is 0 Å². The number of nitrogens with zero attached hydrogens (tertiary/aromatic N) is 2. The molecule has 4 rings (SSSR count). The van der Waals surface area contributed by atoms with Crippen molar-refractivity contribution in [1.29, 1.82) is 0 Å². The molecule has 2 aromatic heterocycles. The van der Waals surface area contributed by atoms with Crippen LogP contribution in [0.3, 0.4) is 0 Å². The Balaban J connectivity index is 1.33. The smallest absolute Gasteiger partial charge is 0.259 e. The molecule has 0 saturated heterocycles. The Labute approximate surface area is 200 Å². The molecule has 0 unspecified atom stereocenters. The van der Waals surface area contributed by atoms with E-state index in [1.54, 1.807) is 11.3 Å². The third-order valence-electron chi connectivity index (χ3n) is 5.73. The Morgan fingerprint density at radius 1 is 1.31 bits per heavy atom. The van der Waals surface area contributed by atoms with Crippen LogP contribution in [0.4, 0.5) is 0 Å². The van der Waals surface area contributed by atoms with Crippen LogP contribution in [0.2, 0.25) is 5.02 Å². The molecule has 0 bridgehead atoms. The SMILES string of the molecule is CN(C)[C@@H](CNC(=O)CSCc1nc2sc3c(c2c(=O)[nH]1)CCCC3)c1ccccc1Cl. The van der Waals surface area contributed by atoms with Crippen molar-refractivity contribution in [1.82, 2.24) is 20.2 Å². The van der Waals surface area contributed by atoms with Crippen LogP contribution in [-0.2, 0) is 23.4 Å². The first-order chi connectivity index (χ1) is 15.4. The van der Waals surface area contributed by atoms with Gasteiger partial charge in [-0.2, -0.15) is 0 Å². The maximum absolute atomic E-state index is 12.6. The minimum atomic E-state index is -0.0528. The molecular formula is C23H27ClN4O2S2. The van der Waals surface area contributed by atoms with E-state index in [1.165, 1.54) is 28.6 Å². The second-order valence-corrected chi connectivity index (χ2v) is 10.7. The number of H-pyrrole nitrogens is 1. The summed E-state index contributed by atoms with van der Waals surface area (Å²) in [5, 5.41) is 4.46. The fraction of sp³-hybridized carbons (Fsp3) is 0.435. The van der Waals surface area contributed by atoms with Crippen LogP contribution in [-0.4, -0.2) is 47.2 Å². The molecule has 32 heavy (non-hydrogen) atoms. The number of carbonyl (C=O) groups is 1. The van der Waals surface area contributed by atoms with Crippen molar-refractivity contribution in [2.24, 2.45) is 0 Å². The molecule has 0 radical (unpaired) electrons. The van der Waals surface area contributed by atoms with Gasteiger partial charge in [-0.15, -0.1) is 23.1 Å². The fourth-order valence-corrected chi connectivity index (χ4v) is 6.36. The van der Waals surface area contributed by atoms with Gasteiger partial charge < -0.3 is 15.2 Å². The number of rotatable bonds is 8. The highest BCUT2D eigenvalue weighted by atomic mass is 35.5. The number of halogens is 1. The van der Waals surface area contributed by atoms with Crippen LogP contribution in [0, 0.1) is 0 Å². The number of aromatic amines is 1. The average molecular weight is 491 g/mol. The molecule has 2 N–H and O–H groups in total. The summed E-state index contributed by atoms with van der Waals surface area (Å²) in [4.78, 5) is 36.8. The highest BCUT2D eigenvalue weighted by molar-refractivity contribution is 7.99. The van der Waals surface area contributed by atoms with Crippen LogP contribution in [0.1, 0.15) is 40.7 Å². The minimum absolute atomic E-state index is 0.0112. The van der Waals surface area contributed by atoms with Gasteiger partial charge >= 0.3 is 0 Å². The van der Waals surface area contributed by atoms with E-state index in [9.17, 15) is 9.59 Å². The van der Waals surface area contributed by atoms with Gasteiger partial charge in [0.1, 0.15) is 10.7 Å². The zero-order valence-corrected chi connectivity index (χ0v) is 20.6. The number of benzene rings is 1. The van der Waals surface area contributed by atoms with Crippen molar-refractivity contribution in [3.8, 4) is 0 Å². The standard InChI is InChI=1S/C23H27ClN4O2S2/c1-28(2)17(14-7-3-5-9-16(14)24)11-25-20(29)13-31-12-19-26-22(30)21-15-8-4-6-10-18(15)32-23(21)27-19/h3,5,7,9,17H,4,6,8,10-13H2,1-2H3,(H,25,29)(H,26,27,30)/t17-/m0/s1. The average Bonchev–Trinajstić information content (AvgIpc) is 3.13. The van der Waals surface area contributed by atoms with Crippen LogP contribution in [0.5, 0.6) is 0 Å². The summed E-state index contributed by atoms with van der Waals surface area (Å²) in [7, 11) is 3.94. The normalized spacial score (nSPS) is 14.5. The lowest BCUT2D eigenvalue weighted by Gasteiger charge is -2.26. The summed E-state index contributed by atoms with van der Waals surface area (Å²) in [6.45, 7) is 0.470. The quantitative estimate of drug-likeness (QED) is 0.495. The number of amides is 1. The molecule has 1 amide bonds. The first-order valence-corrected chi connectivity index (χ1v) is 13.1. The van der Waals surface area contributed by atoms with Crippen molar-refractivity contribution in [3.05, 3.63) is 61.5 Å². The molecule has 1 atom stereocenters. The molecule has 0 aliphatic heterocycles. The third-order valence-corrected chi connectivity index (χ3v) is 8.20. The van der Waals surface area contributed by atoms with Gasteiger partial charge in [-0.05, 0) is 57.0 Å². The molecule has 1 aliphatic carbocycles. The number of aromatic nitrogens is 2. The van der Waals surface area contributed by atoms with Gasteiger partial charge in [-0.25, -0.2) is 4.98 Å². The Hall–Kier alpha value is -1.87. The second kappa shape index (κ2) is 10.4. The summed E-state index contributed by atoms with van der Waals surface area (Å²) < 4.78 is 0. The lowest BCUT2D eigenvalue weighted by molar-refractivity contribution is -0.118. The van der Waals surface area contributed by atoms with Gasteiger partial charge in [-0.1, -0.05) is 29.8 Å². The molecule has 6 nitrogen and oxygen atoms in total. The summed E-state index contributed by atoms with van der Waals surface area (Å²) >= 11 is 9.43. The predicted molar refractivity (Wildman–Crippen MR) is 134 cm³/mol. The van der Waals surface area contributed by atoms with Gasteiger partial charge in [0, 0.05) is 16.4 Å². The minimum Gasteiger partial charge on any atom is -0.353 e. The van der Waals surface area contributed by atoms with Crippen molar-refractivity contribution >= 4 is 50.8 Å². The molecule has 0 saturated carbocycles. The number of likely N-dealkylation sites (N-methyl/N-ethyl adjacent to an activating group) is 1. The summed E-state index contributed by atoms with van der Waals surface area (Å²) in [6.07, 6.45) is 4.33. The highest BCUT2D eigenvalue weighted by Gasteiger charge is 2.20. The lowest BCUT2D eigenvalue weighted by atomic mass is 9.97. The molecule has 1 aliphatic rings. The fourth-order valence-electron chi connectivity index (χ4n) is 4.09. The van der Waals surface area contributed by atoms with Crippen LogP contribution < -0.4 is 10.9 Å². The Bertz CT molecular complexity index is 1170. The molecule has 0 spiro atoms. The number of aryl methyl sites for hydroxylation is 2. The first-order valence-electron chi connectivity index (χ1n) is 10.7. The first kappa shape index (κ1) is 23.3. The largest absolute Gasteiger partial charge is 0.353 e. The Morgan fingerprint density at radius 2 is 2.09 bits per heavy atom. The van der Waals surface area contributed by atoms with E-state index in [0.717, 1.165) is 35.0 Å². The Morgan fingerprint density at radius 3 is 2.88 bits per heavy atom. The van der Waals surface area contributed by atoms with Crippen molar-refractivity contribution in [2.45, 2.75) is 37.5 Å². The van der Waals surface area contributed by atoms with Gasteiger partial charge in [0.15, 0.2) is 0 Å². The molecule has 0 fully saturated rings. The van der Waals surface area contributed by atoms with E-state index in [1.807, 2.05) is 43.3 Å². The van der Waals surface area contributed by atoms with E-state index in [4.69, 9.17) is 11.6 Å². The summed E-state index contributed by atoms with van der Waals surface area (Å²) in [6, 6.07) is 7.68. The van der Waals surface area contributed by atoms with E-state index in [-0.39, 0.29) is 17.5 Å². The highest BCUT2D eigenvalue weighted by Crippen LogP contribution is 2.33. The monoisotopic (exact) mass is 490 g/mol. The lowest BCUT2D eigenvalue weighted by Crippen LogP contribution is -2.35. The number of hydrogen-bond acceptors (Lipinski definition) is 6. The number of thiophene rings is 1. The number of thioether (sulfide) groups is 1. The molecule has 2 heterocycles. The van der Waals surface area contributed by atoms with Crippen LogP contribution >= 0.6 is 34.7 Å². The van der Waals surface area contributed by atoms with Gasteiger partial charge in [0.25, 0.3) is 5.56 Å². The second-order valence-electron chi connectivity index (χ2n) is 8.20. The van der Waals surface area contributed by atoms with Gasteiger partial charge in [-0.3, -0.25) is 9.59 Å². The molecule has 1 aromatic carbocycles. The van der Waals surface area contributed by atoms with Crippen molar-refractivity contribution < 1.29 is 4.79 Å². The van der Waals surface area contributed by atoms with Crippen LogP contribution in [0.15, 0.2) is 29.1 Å². The predicted octanol–water partition coefficient (Wildman–Crippen LogP) is 4.17. The van der Waals surface area contributed by atoms with Gasteiger partial charge in [0.05, 0.1) is 22.9 Å². The van der Waals surface area contributed by atoms with E-state index in [2.05, 4.69) is 15.3 Å². The number of nitrogens with one attached hydrogen (secondary N) is 2. The molecular weight excluding hydrogens is 464 g/mol. The van der Waals surface area contributed by atoms with Crippen LogP contribution in [0.25, 0.3) is 10.2 Å². The summed E-state index contributed by atoms with van der Waals surface area (Å²) in [5.74, 6) is 1.36. The molecule has 9 heteroatoms. The van der Waals surface area contributed by atoms with Crippen molar-refractivity contribution in [2.75, 3.05) is 26.4 Å². The molecule has 170 valence electrons. The number of hydrogen-bond donors (Lipinski definition) is 2. The Kier molecular flexibility index (Phi) is 7.55. The molecule has 3 aromatic rings. The zero-order valence-electron chi connectivity index (χ0n) is 18.2. The zero-order chi connectivity index (χ0) is 22.7. The van der Waals surface area contributed by atoms with Crippen molar-refractivity contribution in [3.63, 3.8) is 0 Å². The maximum Gasteiger partial charge on any atom is 0.259 e. The summed E-state index contributed by atoms with van der Waals surface area (Å²) in [5.41, 5.74) is 2.13. The number of carbonyl (C=O) groups excluding carboxylic acids is 1. The van der Waals surface area contributed by atoms with E-state index in [0.29, 0.717) is 28.9 Å². The maximum atomic E-state index is 12.6. The third kappa shape index (κ3) is 5.20. The van der Waals surface area contributed by atoms with Gasteiger partial charge in [0.2, 0.25) is 5.91 Å². The van der Waals surface area contributed by atoms with E-state index >= 15 is 0 Å². The number of fused-ring (bicyclic) bond motifs is 3.